The number of rotatable bonds is 7. The number of hydrogen-bond acceptors (Lipinski definition) is 10. The molecule has 0 saturated carbocycles. The first-order valence-electron chi connectivity index (χ1n) is 7.80. The minimum Gasteiger partial charge on any atom is -0.497 e. The van der Waals surface area contributed by atoms with Crippen LogP contribution in [-0.4, -0.2) is 29.9 Å². The lowest BCUT2D eigenvalue weighted by Gasteiger charge is -2.16. The van der Waals surface area contributed by atoms with Crippen LogP contribution in [0.3, 0.4) is 0 Å². The SMILES string of the molecule is CCC(c1cc([N+](=O)[O-])c(O)c([N+](=O)[O-])c1)c1cc([N+](=O)[O-])c(O)c([N+](=O)[O-])c1. The second kappa shape index (κ2) is 7.71. The Morgan fingerprint density at radius 1 is 0.690 bits per heavy atom. The van der Waals surface area contributed by atoms with Crippen molar-refractivity contribution in [3.63, 3.8) is 0 Å². The van der Waals surface area contributed by atoms with Gasteiger partial charge < -0.3 is 10.2 Å². The fraction of sp³-hybridized carbons (Fsp3) is 0.200. The number of phenols is 2. The fourth-order valence-corrected chi connectivity index (χ4v) is 2.87. The van der Waals surface area contributed by atoms with Crippen LogP contribution in [0.2, 0.25) is 0 Å². The van der Waals surface area contributed by atoms with Crippen molar-refractivity contribution in [2.45, 2.75) is 19.3 Å². The maximum absolute atomic E-state index is 11.1. The standard InChI is InChI=1S/C15H12N4O10/c1-2-9(7-3-10(16(22)23)14(20)11(4-7)17(24)25)8-5-12(18(26)27)15(21)13(6-8)19(28)29/h3-6,9,20-21H,2H2,1H3. The Labute approximate surface area is 160 Å². The number of benzene rings is 2. The predicted octanol–water partition coefficient (Wildman–Crippen LogP) is 3.27. The highest BCUT2D eigenvalue weighted by molar-refractivity contribution is 5.65. The van der Waals surface area contributed by atoms with Crippen LogP contribution < -0.4 is 0 Å². The van der Waals surface area contributed by atoms with Crippen LogP contribution in [-0.2, 0) is 0 Å². The molecule has 152 valence electrons. The second-order valence-corrected chi connectivity index (χ2v) is 5.80. The maximum Gasteiger partial charge on any atom is 0.318 e. The third kappa shape index (κ3) is 3.85. The van der Waals surface area contributed by atoms with E-state index < -0.39 is 59.9 Å². The van der Waals surface area contributed by atoms with Gasteiger partial charge in [-0.1, -0.05) is 6.92 Å². The topological polar surface area (TPSA) is 213 Å². The Bertz CT molecular complexity index is 900. The average Bonchev–Trinajstić information content (AvgIpc) is 2.63. The van der Waals surface area contributed by atoms with Crippen molar-refractivity contribution >= 4 is 22.7 Å². The summed E-state index contributed by atoms with van der Waals surface area (Å²) in [6.45, 7) is 1.54. The number of nitro benzene ring substituents is 4. The van der Waals surface area contributed by atoms with Crippen molar-refractivity contribution in [3.8, 4) is 11.5 Å². The van der Waals surface area contributed by atoms with Crippen LogP contribution in [0.25, 0.3) is 0 Å². The molecule has 14 heteroatoms. The molecule has 2 rings (SSSR count). The first-order valence-corrected chi connectivity index (χ1v) is 7.80. The van der Waals surface area contributed by atoms with E-state index in [0.717, 1.165) is 24.3 Å². The van der Waals surface area contributed by atoms with Gasteiger partial charge in [0.1, 0.15) is 0 Å². The molecule has 0 unspecified atom stereocenters. The molecule has 0 radical (unpaired) electrons. The molecular formula is C15H12N4O10. The highest BCUT2D eigenvalue weighted by Crippen LogP contribution is 2.44. The lowest BCUT2D eigenvalue weighted by molar-refractivity contribution is -0.396. The van der Waals surface area contributed by atoms with Crippen LogP contribution >= 0.6 is 0 Å². The van der Waals surface area contributed by atoms with E-state index in [0.29, 0.717) is 0 Å². The summed E-state index contributed by atoms with van der Waals surface area (Å²) >= 11 is 0. The molecule has 0 fully saturated rings. The number of hydrogen-bond donors (Lipinski definition) is 2. The Morgan fingerprint density at radius 3 is 1.10 bits per heavy atom. The largest absolute Gasteiger partial charge is 0.497 e. The third-order valence-electron chi connectivity index (χ3n) is 4.18. The summed E-state index contributed by atoms with van der Waals surface area (Å²) in [6.07, 6.45) is 0.0815. The lowest BCUT2D eigenvalue weighted by Crippen LogP contribution is -2.05. The van der Waals surface area contributed by atoms with Crippen molar-refractivity contribution in [2.75, 3.05) is 0 Å². The van der Waals surface area contributed by atoms with Gasteiger partial charge in [0.05, 0.1) is 19.7 Å². The summed E-state index contributed by atoms with van der Waals surface area (Å²) in [5.41, 5.74) is -3.99. The molecule has 0 spiro atoms. The van der Waals surface area contributed by atoms with Crippen molar-refractivity contribution in [2.24, 2.45) is 0 Å². The van der Waals surface area contributed by atoms with Crippen molar-refractivity contribution in [1.29, 1.82) is 0 Å². The van der Waals surface area contributed by atoms with Crippen molar-refractivity contribution in [1.82, 2.24) is 0 Å². The quantitative estimate of drug-likeness (QED) is 0.503. The van der Waals surface area contributed by atoms with Gasteiger partial charge in [-0.3, -0.25) is 40.5 Å². The van der Waals surface area contributed by atoms with E-state index in [4.69, 9.17) is 0 Å². The highest BCUT2D eigenvalue weighted by atomic mass is 16.6. The smallest absolute Gasteiger partial charge is 0.318 e. The number of aromatic hydroxyl groups is 2. The van der Waals surface area contributed by atoms with E-state index in [1.165, 1.54) is 0 Å². The Balaban J connectivity index is 2.81. The lowest BCUT2D eigenvalue weighted by atomic mass is 9.87. The molecule has 0 atom stereocenters. The zero-order valence-corrected chi connectivity index (χ0v) is 14.5. The van der Waals surface area contributed by atoms with E-state index in [1.54, 1.807) is 6.92 Å². The zero-order chi connectivity index (χ0) is 22.0. The number of nitro groups is 4. The first kappa shape index (κ1) is 20.9. The fourth-order valence-electron chi connectivity index (χ4n) is 2.87. The van der Waals surface area contributed by atoms with Crippen molar-refractivity contribution in [3.05, 3.63) is 75.8 Å². The van der Waals surface area contributed by atoms with E-state index in [2.05, 4.69) is 0 Å². The molecular weight excluding hydrogens is 396 g/mol. The highest BCUT2D eigenvalue weighted by Gasteiger charge is 2.32. The maximum atomic E-state index is 11.1. The molecule has 2 aromatic carbocycles. The van der Waals surface area contributed by atoms with E-state index in [1.807, 2.05) is 0 Å². The summed E-state index contributed by atoms with van der Waals surface area (Å²) in [5, 5.41) is 64.1. The monoisotopic (exact) mass is 408 g/mol. The molecule has 0 aliphatic heterocycles. The molecule has 2 N–H and O–H groups in total. The average molecular weight is 408 g/mol. The summed E-state index contributed by atoms with van der Waals surface area (Å²) in [7, 11) is 0. The number of phenolic OH excluding ortho intramolecular Hbond substituents is 2. The molecule has 0 bridgehead atoms. The van der Waals surface area contributed by atoms with Gasteiger partial charge in [-0.15, -0.1) is 0 Å². The summed E-state index contributed by atoms with van der Waals surface area (Å²) in [4.78, 5) is 40.4. The van der Waals surface area contributed by atoms with Crippen molar-refractivity contribution < 1.29 is 29.9 Å². The molecule has 14 nitrogen and oxygen atoms in total. The van der Waals surface area contributed by atoms with Gasteiger partial charge in [-0.2, -0.15) is 0 Å². The minimum atomic E-state index is -1.17. The second-order valence-electron chi connectivity index (χ2n) is 5.80. The first-order chi connectivity index (χ1) is 13.5. The summed E-state index contributed by atoms with van der Waals surface area (Å²) < 4.78 is 0. The molecule has 0 aliphatic carbocycles. The van der Waals surface area contributed by atoms with Gasteiger partial charge >= 0.3 is 22.7 Å². The third-order valence-corrected chi connectivity index (χ3v) is 4.18. The van der Waals surface area contributed by atoms with Crippen LogP contribution in [0.5, 0.6) is 11.5 Å². The normalized spacial score (nSPS) is 10.7. The van der Waals surface area contributed by atoms with Crippen LogP contribution in [0, 0.1) is 40.5 Å². The molecule has 29 heavy (non-hydrogen) atoms. The molecule has 0 aliphatic rings. The minimum absolute atomic E-state index is 0.0713. The van der Waals surface area contributed by atoms with E-state index in [-0.39, 0.29) is 17.5 Å². The number of nitrogens with zero attached hydrogens (tertiary/aromatic N) is 4. The van der Waals surface area contributed by atoms with E-state index >= 15 is 0 Å². The Hall–Kier alpha value is -4.36. The van der Waals surface area contributed by atoms with Crippen LogP contribution in [0.4, 0.5) is 22.7 Å². The molecule has 2 aromatic rings. The van der Waals surface area contributed by atoms with Crippen LogP contribution in [0.1, 0.15) is 30.4 Å². The molecule has 0 amide bonds. The van der Waals surface area contributed by atoms with Gasteiger partial charge in [0.15, 0.2) is 0 Å². The van der Waals surface area contributed by atoms with Gasteiger partial charge in [0, 0.05) is 30.2 Å². The Morgan fingerprint density at radius 2 is 0.931 bits per heavy atom. The van der Waals surface area contributed by atoms with Crippen LogP contribution in [0.15, 0.2) is 24.3 Å². The van der Waals surface area contributed by atoms with Gasteiger partial charge in [0.2, 0.25) is 0 Å². The summed E-state index contributed by atoms with van der Waals surface area (Å²) in [5.74, 6) is -3.31. The summed E-state index contributed by atoms with van der Waals surface area (Å²) in [6, 6.07) is 3.39. The van der Waals surface area contributed by atoms with Gasteiger partial charge in [-0.25, -0.2) is 0 Å². The molecule has 0 aromatic heterocycles. The predicted molar refractivity (Wildman–Crippen MR) is 95.0 cm³/mol. The van der Waals surface area contributed by atoms with Gasteiger partial charge in [-0.05, 0) is 17.5 Å². The molecule has 0 saturated heterocycles. The van der Waals surface area contributed by atoms with E-state index in [9.17, 15) is 50.7 Å². The van der Waals surface area contributed by atoms with Gasteiger partial charge in [0.25, 0.3) is 11.5 Å². The Kier molecular flexibility index (Phi) is 5.57. The zero-order valence-electron chi connectivity index (χ0n) is 14.5. The molecule has 0 heterocycles.